The van der Waals surface area contributed by atoms with Gasteiger partial charge in [0.15, 0.2) is 0 Å². The minimum Gasteiger partial charge on any atom is -0.341 e. The number of hydrogen-bond acceptors (Lipinski definition) is 2. The highest BCUT2D eigenvalue weighted by molar-refractivity contribution is 5.75. The van der Waals surface area contributed by atoms with Crippen LogP contribution in [0.2, 0.25) is 0 Å². The molecule has 1 aromatic carbocycles. The summed E-state index contributed by atoms with van der Waals surface area (Å²) in [5, 5.41) is 0. The Balaban J connectivity index is 2.68. The first-order valence-corrected chi connectivity index (χ1v) is 5.69. The van der Waals surface area contributed by atoms with E-state index in [1.807, 2.05) is 38.2 Å². The van der Waals surface area contributed by atoms with Crippen molar-refractivity contribution >= 4 is 5.91 Å². The van der Waals surface area contributed by atoms with E-state index in [1.165, 1.54) is 0 Å². The molecule has 0 heterocycles. The third-order valence-electron chi connectivity index (χ3n) is 2.64. The number of nitrogens with two attached hydrogens (primary N) is 1. The molecule has 3 nitrogen and oxygen atoms in total. The van der Waals surface area contributed by atoms with Crippen LogP contribution >= 0.6 is 0 Å². The van der Waals surface area contributed by atoms with Gasteiger partial charge in [-0.15, -0.1) is 0 Å². The number of amides is 1. The summed E-state index contributed by atoms with van der Waals surface area (Å²) < 4.78 is 0. The zero-order valence-corrected chi connectivity index (χ0v) is 10.1. The van der Waals surface area contributed by atoms with Gasteiger partial charge in [-0.05, 0) is 17.5 Å². The summed E-state index contributed by atoms with van der Waals surface area (Å²) in [6.45, 7) is 3.18. The molecule has 0 fully saturated rings. The molecule has 88 valence electrons. The fourth-order valence-corrected chi connectivity index (χ4v) is 1.66. The summed E-state index contributed by atoms with van der Waals surface area (Å²) in [7, 11) is 1.84. The van der Waals surface area contributed by atoms with Crippen molar-refractivity contribution in [2.45, 2.75) is 32.9 Å². The smallest absolute Gasteiger partial charge is 0.222 e. The molecule has 1 aromatic rings. The summed E-state index contributed by atoms with van der Waals surface area (Å²) in [4.78, 5) is 13.4. The van der Waals surface area contributed by atoms with Crippen molar-refractivity contribution in [3.8, 4) is 0 Å². The van der Waals surface area contributed by atoms with Crippen molar-refractivity contribution in [2.24, 2.45) is 5.73 Å². The second kappa shape index (κ2) is 6.28. The molecule has 0 aliphatic rings. The van der Waals surface area contributed by atoms with Gasteiger partial charge in [-0.2, -0.15) is 0 Å². The number of carbonyl (C=O) groups excluding carboxylic acids is 1. The van der Waals surface area contributed by atoms with Crippen molar-refractivity contribution in [2.75, 3.05) is 7.05 Å². The van der Waals surface area contributed by atoms with Crippen LogP contribution in [0.5, 0.6) is 0 Å². The molecule has 0 spiro atoms. The monoisotopic (exact) mass is 220 g/mol. The minimum atomic E-state index is 0.189. The van der Waals surface area contributed by atoms with Gasteiger partial charge in [-0.25, -0.2) is 0 Å². The largest absolute Gasteiger partial charge is 0.341 e. The summed E-state index contributed by atoms with van der Waals surface area (Å²) in [5.74, 6) is 0.189. The van der Waals surface area contributed by atoms with Gasteiger partial charge >= 0.3 is 0 Å². The Morgan fingerprint density at radius 2 is 1.94 bits per heavy atom. The maximum atomic E-state index is 11.6. The molecular formula is C13H20N2O. The Kier molecular flexibility index (Phi) is 4.99. The molecule has 16 heavy (non-hydrogen) atoms. The van der Waals surface area contributed by atoms with Gasteiger partial charge in [0.2, 0.25) is 5.91 Å². The molecule has 0 atom stereocenters. The Hall–Kier alpha value is -1.35. The first-order chi connectivity index (χ1) is 7.69. The molecule has 0 unspecified atom stereocenters. The standard InChI is InChI=1S/C13H20N2O/c1-3-6-13(16)15(2)10-12-8-5-4-7-11(12)9-14/h4-5,7-8H,3,6,9-10,14H2,1-2H3. The molecule has 0 saturated carbocycles. The third kappa shape index (κ3) is 3.35. The van der Waals surface area contributed by atoms with Crippen molar-refractivity contribution in [3.05, 3.63) is 35.4 Å². The predicted molar refractivity (Wildman–Crippen MR) is 65.7 cm³/mol. The Morgan fingerprint density at radius 1 is 1.31 bits per heavy atom. The number of rotatable bonds is 5. The van der Waals surface area contributed by atoms with E-state index in [0.29, 0.717) is 19.5 Å². The lowest BCUT2D eigenvalue weighted by Crippen LogP contribution is -2.26. The maximum Gasteiger partial charge on any atom is 0.222 e. The maximum absolute atomic E-state index is 11.6. The second-order valence-electron chi connectivity index (χ2n) is 3.97. The molecule has 2 N–H and O–H groups in total. The van der Waals surface area contributed by atoms with Crippen LogP contribution in [-0.4, -0.2) is 17.9 Å². The summed E-state index contributed by atoms with van der Waals surface area (Å²) >= 11 is 0. The normalized spacial score (nSPS) is 10.2. The van der Waals surface area contributed by atoms with Crippen molar-refractivity contribution in [1.29, 1.82) is 0 Å². The van der Waals surface area contributed by atoms with Gasteiger partial charge in [0.1, 0.15) is 0 Å². The van der Waals surface area contributed by atoms with Gasteiger partial charge in [-0.3, -0.25) is 4.79 Å². The molecule has 0 bridgehead atoms. The van der Waals surface area contributed by atoms with E-state index >= 15 is 0 Å². The number of hydrogen-bond donors (Lipinski definition) is 1. The van der Waals surface area contributed by atoms with E-state index in [9.17, 15) is 4.79 Å². The molecule has 1 amide bonds. The van der Waals surface area contributed by atoms with Gasteiger partial charge in [0.25, 0.3) is 0 Å². The van der Waals surface area contributed by atoms with Crippen LogP contribution in [0.3, 0.4) is 0 Å². The summed E-state index contributed by atoms with van der Waals surface area (Å²) in [6.07, 6.45) is 1.50. The molecule has 0 aliphatic carbocycles. The van der Waals surface area contributed by atoms with Gasteiger partial charge < -0.3 is 10.6 Å². The number of nitrogens with zero attached hydrogens (tertiary/aromatic N) is 1. The van der Waals surface area contributed by atoms with E-state index < -0.39 is 0 Å². The minimum absolute atomic E-state index is 0.189. The molecule has 0 saturated heterocycles. The lowest BCUT2D eigenvalue weighted by atomic mass is 10.1. The zero-order valence-electron chi connectivity index (χ0n) is 10.1. The van der Waals surface area contributed by atoms with Crippen LogP contribution in [0, 0.1) is 0 Å². The Bertz CT molecular complexity index is 350. The third-order valence-corrected chi connectivity index (χ3v) is 2.64. The van der Waals surface area contributed by atoms with Crippen molar-refractivity contribution in [3.63, 3.8) is 0 Å². The molecule has 1 rings (SSSR count). The van der Waals surface area contributed by atoms with Crippen LogP contribution in [0.25, 0.3) is 0 Å². The van der Waals surface area contributed by atoms with Gasteiger partial charge in [-0.1, -0.05) is 31.2 Å². The van der Waals surface area contributed by atoms with Crippen LogP contribution in [0.4, 0.5) is 0 Å². The fourth-order valence-electron chi connectivity index (χ4n) is 1.66. The van der Waals surface area contributed by atoms with E-state index in [-0.39, 0.29) is 5.91 Å². The van der Waals surface area contributed by atoms with E-state index in [4.69, 9.17) is 5.73 Å². The molecule has 0 radical (unpaired) electrons. The SMILES string of the molecule is CCCC(=O)N(C)Cc1ccccc1CN. The first kappa shape index (κ1) is 12.7. The number of carbonyl (C=O) groups is 1. The molecule has 0 aromatic heterocycles. The average molecular weight is 220 g/mol. The van der Waals surface area contributed by atoms with Crippen LogP contribution < -0.4 is 5.73 Å². The first-order valence-electron chi connectivity index (χ1n) is 5.69. The van der Waals surface area contributed by atoms with Crippen molar-refractivity contribution < 1.29 is 4.79 Å². The van der Waals surface area contributed by atoms with Crippen LogP contribution in [0.1, 0.15) is 30.9 Å². The number of benzene rings is 1. The summed E-state index contributed by atoms with van der Waals surface area (Å²) in [5.41, 5.74) is 7.90. The molecule has 0 aliphatic heterocycles. The van der Waals surface area contributed by atoms with Crippen molar-refractivity contribution in [1.82, 2.24) is 4.90 Å². The van der Waals surface area contributed by atoms with E-state index in [2.05, 4.69) is 0 Å². The van der Waals surface area contributed by atoms with Crippen LogP contribution in [0.15, 0.2) is 24.3 Å². The average Bonchev–Trinajstić information content (AvgIpc) is 2.30. The van der Waals surface area contributed by atoms with E-state index in [0.717, 1.165) is 17.5 Å². The molecule has 3 heteroatoms. The van der Waals surface area contributed by atoms with Gasteiger partial charge in [0.05, 0.1) is 0 Å². The lowest BCUT2D eigenvalue weighted by molar-refractivity contribution is -0.130. The quantitative estimate of drug-likeness (QED) is 0.824. The topological polar surface area (TPSA) is 46.3 Å². The zero-order chi connectivity index (χ0) is 12.0. The Labute approximate surface area is 97.2 Å². The second-order valence-corrected chi connectivity index (χ2v) is 3.97. The highest BCUT2D eigenvalue weighted by Gasteiger charge is 2.09. The fraction of sp³-hybridized carbons (Fsp3) is 0.462. The molecular weight excluding hydrogens is 200 g/mol. The predicted octanol–water partition coefficient (Wildman–Crippen LogP) is 1.90. The van der Waals surface area contributed by atoms with Crippen LogP contribution in [-0.2, 0) is 17.9 Å². The Morgan fingerprint density at radius 3 is 2.50 bits per heavy atom. The highest BCUT2D eigenvalue weighted by atomic mass is 16.2. The highest BCUT2D eigenvalue weighted by Crippen LogP contribution is 2.11. The summed E-state index contributed by atoms with van der Waals surface area (Å²) in [6, 6.07) is 7.98. The van der Waals surface area contributed by atoms with Gasteiger partial charge in [0, 0.05) is 26.6 Å². The van der Waals surface area contributed by atoms with E-state index in [1.54, 1.807) is 4.90 Å². The lowest BCUT2D eigenvalue weighted by Gasteiger charge is -2.18.